The molecular weight excluding hydrogens is 773 g/mol. The second-order valence-electron chi connectivity index (χ2n) is 15.4. The molecular formula is C41H43F3N8O7. The number of amides is 5. The highest BCUT2D eigenvalue weighted by Gasteiger charge is 2.45. The summed E-state index contributed by atoms with van der Waals surface area (Å²) in [7, 11) is 1.44. The number of ether oxygens (including phenoxy) is 2. The first-order valence-corrected chi connectivity index (χ1v) is 19.7. The normalized spacial score (nSPS) is 22.7. The Morgan fingerprint density at radius 1 is 1.00 bits per heavy atom. The summed E-state index contributed by atoms with van der Waals surface area (Å²) in [6, 6.07) is 10.7. The molecule has 1 unspecified atom stereocenters. The van der Waals surface area contributed by atoms with Gasteiger partial charge in [-0.25, -0.2) is 4.98 Å². The predicted octanol–water partition coefficient (Wildman–Crippen LogP) is 5.05. The van der Waals surface area contributed by atoms with Crippen molar-refractivity contribution in [3.05, 3.63) is 77.2 Å². The van der Waals surface area contributed by atoms with Gasteiger partial charge in [0.1, 0.15) is 23.2 Å². The van der Waals surface area contributed by atoms with Crippen LogP contribution in [0.5, 0.6) is 5.75 Å². The Bertz CT molecular complexity index is 2310. The van der Waals surface area contributed by atoms with Crippen molar-refractivity contribution in [3.63, 3.8) is 0 Å². The average molecular weight is 817 g/mol. The number of anilines is 2. The van der Waals surface area contributed by atoms with Crippen LogP contribution in [0.3, 0.4) is 0 Å². The van der Waals surface area contributed by atoms with Crippen LogP contribution >= 0.6 is 0 Å². The Morgan fingerprint density at radius 2 is 1.80 bits per heavy atom. The number of halogens is 3. The highest BCUT2D eigenvalue weighted by Crippen LogP contribution is 2.37. The maximum atomic E-state index is 13.5. The van der Waals surface area contributed by atoms with Crippen molar-refractivity contribution in [1.29, 1.82) is 0 Å². The van der Waals surface area contributed by atoms with E-state index in [0.717, 1.165) is 67.7 Å². The fourth-order valence-corrected chi connectivity index (χ4v) is 8.54. The van der Waals surface area contributed by atoms with Crippen LogP contribution in [0.4, 0.5) is 24.5 Å². The third-order valence-corrected chi connectivity index (χ3v) is 11.5. The second-order valence-corrected chi connectivity index (χ2v) is 15.4. The fraction of sp³-hybridized carbons (Fsp3) is 0.439. The van der Waals surface area contributed by atoms with Crippen molar-refractivity contribution in [2.75, 3.05) is 50.5 Å². The van der Waals surface area contributed by atoms with Crippen LogP contribution < -0.4 is 20.7 Å². The molecule has 4 aromatic rings. The Kier molecular flexibility index (Phi) is 11.1. The Hall–Kier alpha value is -5.88. The van der Waals surface area contributed by atoms with Gasteiger partial charge in [0.2, 0.25) is 11.8 Å². The Morgan fingerprint density at radius 3 is 2.56 bits per heavy atom. The van der Waals surface area contributed by atoms with Gasteiger partial charge < -0.3 is 20.1 Å². The van der Waals surface area contributed by atoms with Gasteiger partial charge in [-0.05, 0) is 74.8 Å². The zero-order valence-electron chi connectivity index (χ0n) is 32.2. The van der Waals surface area contributed by atoms with E-state index in [1.807, 2.05) is 10.9 Å². The lowest BCUT2D eigenvalue weighted by atomic mass is 9.85. The SMILES string of the molecule is COc1cc2nn([C@H]3CC[C@H](CN4CCO[C@@H](CCNc5cccc6c5C(=O)N(C5CCC(=O)NC5=O)C6=O)C4)CC3)cc2cc1NC(=O)c1cccc(C(F)(F)F)n1. The van der Waals surface area contributed by atoms with Gasteiger partial charge in [0.25, 0.3) is 17.7 Å². The van der Waals surface area contributed by atoms with E-state index in [2.05, 4.69) is 25.8 Å². The number of piperidine rings is 1. The molecule has 0 bridgehead atoms. The van der Waals surface area contributed by atoms with Gasteiger partial charge in [0.05, 0.1) is 48.2 Å². The number of imide groups is 2. The van der Waals surface area contributed by atoms with Crippen molar-refractivity contribution in [2.24, 2.45) is 5.92 Å². The van der Waals surface area contributed by atoms with Crippen LogP contribution in [0.25, 0.3) is 10.9 Å². The van der Waals surface area contributed by atoms with Crippen LogP contribution in [-0.2, 0) is 20.5 Å². The molecule has 5 heterocycles. The van der Waals surface area contributed by atoms with Crippen LogP contribution in [0.15, 0.2) is 54.7 Å². The molecule has 59 heavy (non-hydrogen) atoms. The first-order chi connectivity index (χ1) is 28.4. The first-order valence-electron chi connectivity index (χ1n) is 19.7. The molecule has 8 rings (SSSR count). The van der Waals surface area contributed by atoms with E-state index in [1.165, 1.54) is 13.2 Å². The van der Waals surface area contributed by atoms with Gasteiger partial charge in [-0.3, -0.25) is 43.8 Å². The van der Waals surface area contributed by atoms with E-state index in [1.54, 1.807) is 30.3 Å². The van der Waals surface area contributed by atoms with Crippen molar-refractivity contribution in [3.8, 4) is 5.75 Å². The molecule has 4 aliphatic rings. The summed E-state index contributed by atoms with van der Waals surface area (Å²) in [4.78, 5) is 70.6. The molecule has 18 heteroatoms. The number of morpholine rings is 1. The molecule has 3 aliphatic heterocycles. The van der Waals surface area contributed by atoms with E-state index in [-0.39, 0.29) is 41.8 Å². The van der Waals surface area contributed by atoms with Crippen LogP contribution in [-0.4, -0.2) is 106 Å². The van der Waals surface area contributed by atoms with E-state index in [9.17, 15) is 37.1 Å². The number of hydrogen-bond donors (Lipinski definition) is 3. The number of nitrogens with one attached hydrogen (secondary N) is 3. The summed E-state index contributed by atoms with van der Waals surface area (Å²) in [5.41, 5.74) is 0.413. The molecule has 3 fully saturated rings. The zero-order chi connectivity index (χ0) is 41.4. The number of rotatable bonds is 11. The van der Waals surface area contributed by atoms with Gasteiger partial charge in [0, 0.05) is 55.9 Å². The molecule has 1 saturated carbocycles. The number of hydrogen-bond acceptors (Lipinski definition) is 11. The van der Waals surface area contributed by atoms with E-state index in [0.29, 0.717) is 48.1 Å². The molecule has 2 aromatic carbocycles. The van der Waals surface area contributed by atoms with E-state index in [4.69, 9.17) is 14.6 Å². The molecule has 0 radical (unpaired) electrons. The quantitative estimate of drug-likeness (QED) is 0.173. The first kappa shape index (κ1) is 39.9. The van der Waals surface area contributed by atoms with Crippen molar-refractivity contribution in [1.82, 2.24) is 29.9 Å². The van der Waals surface area contributed by atoms with Crippen LogP contribution in [0, 0.1) is 5.92 Å². The minimum atomic E-state index is -4.68. The number of alkyl halides is 3. The number of carbonyl (C=O) groups is 5. The monoisotopic (exact) mass is 816 g/mol. The average Bonchev–Trinajstić information content (AvgIpc) is 3.75. The lowest BCUT2D eigenvalue weighted by molar-refractivity contribution is -0.141. The van der Waals surface area contributed by atoms with E-state index >= 15 is 0 Å². The number of benzene rings is 2. The summed E-state index contributed by atoms with van der Waals surface area (Å²) >= 11 is 0. The standard InChI is InChI=1S/C41H43F3N8O7/c1-58-33-19-30-24(18-31(33)47-37(54)29-6-3-7-34(46-29)41(42,43)44)21-51(49-30)25-10-8-23(9-11-25)20-50-16-17-59-26(22-50)14-15-45-28-5-2-4-27-36(28)40(57)52(39(27)56)32-12-13-35(53)48-38(32)55/h2-7,18-19,21,23,25-26,32,45H,8-17,20,22H2,1H3,(H,47,54)(H,48,53,55)/t23-,25-,26-,32?/m0/s1. The maximum Gasteiger partial charge on any atom is 0.433 e. The van der Waals surface area contributed by atoms with Gasteiger partial charge in [0.15, 0.2) is 0 Å². The third-order valence-electron chi connectivity index (χ3n) is 11.5. The fourth-order valence-electron chi connectivity index (χ4n) is 8.54. The predicted molar refractivity (Wildman–Crippen MR) is 207 cm³/mol. The minimum Gasteiger partial charge on any atom is -0.494 e. The van der Waals surface area contributed by atoms with Gasteiger partial charge in [-0.2, -0.15) is 18.3 Å². The van der Waals surface area contributed by atoms with Gasteiger partial charge in [-0.1, -0.05) is 12.1 Å². The summed E-state index contributed by atoms with van der Waals surface area (Å²) in [6.45, 7) is 3.66. The highest BCUT2D eigenvalue weighted by atomic mass is 19.4. The maximum absolute atomic E-state index is 13.5. The molecule has 2 saturated heterocycles. The molecule has 5 amide bonds. The largest absolute Gasteiger partial charge is 0.494 e. The van der Waals surface area contributed by atoms with E-state index < -0.39 is 47.4 Å². The summed E-state index contributed by atoms with van der Waals surface area (Å²) < 4.78 is 53.1. The summed E-state index contributed by atoms with van der Waals surface area (Å²) in [5, 5.41) is 13.7. The minimum absolute atomic E-state index is 0.0221. The van der Waals surface area contributed by atoms with Crippen LogP contribution in [0.1, 0.15) is 87.9 Å². The van der Waals surface area contributed by atoms with Gasteiger partial charge in [-0.15, -0.1) is 0 Å². The number of pyridine rings is 1. The topological polar surface area (TPSA) is 177 Å². The zero-order valence-corrected chi connectivity index (χ0v) is 32.2. The number of methoxy groups -OCH3 is 1. The molecule has 15 nitrogen and oxygen atoms in total. The molecule has 3 N–H and O–H groups in total. The Balaban J connectivity index is 0.823. The van der Waals surface area contributed by atoms with Crippen LogP contribution in [0.2, 0.25) is 0 Å². The molecule has 1 aliphatic carbocycles. The van der Waals surface area contributed by atoms with Crippen molar-refractivity contribution < 1.29 is 46.6 Å². The molecule has 310 valence electrons. The molecule has 2 atom stereocenters. The smallest absolute Gasteiger partial charge is 0.433 e. The highest BCUT2D eigenvalue weighted by molar-refractivity contribution is 6.25. The number of carbonyl (C=O) groups excluding carboxylic acids is 5. The number of aromatic nitrogens is 3. The van der Waals surface area contributed by atoms with Gasteiger partial charge >= 0.3 is 6.18 Å². The summed E-state index contributed by atoms with van der Waals surface area (Å²) in [6.07, 6.45) is 1.94. The third kappa shape index (κ3) is 8.36. The number of fused-ring (bicyclic) bond motifs is 2. The van der Waals surface area contributed by atoms with Crippen molar-refractivity contribution in [2.45, 2.75) is 69.3 Å². The molecule has 2 aromatic heterocycles. The lowest BCUT2D eigenvalue weighted by Crippen LogP contribution is -2.54. The lowest BCUT2D eigenvalue weighted by Gasteiger charge is -2.37. The molecule has 0 spiro atoms. The number of nitrogens with zero attached hydrogens (tertiary/aromatic N) is 5. The Labute approximate surface area is 336 Å². The van der Waals surface area contributed by atoms with Crippen molar-refractivity contribution >= 4 is 51.8 Å². The second kappa shape index (κ2) is 16.4. The summed E-state index contributed by atoms with van der Waals surface area (Å²) in [5.74, 6) is -2.13.